The molecule has 0 fully saturated rings. The molecular weight excluding hydrogens is 400 g/mol. The molecule has 0 bridgehead atoms. The van der Waals surface area contributed by atoms with Crippen LogP contribution in [-0.2, 0) is 6.54 Å². The summed E-state index contributed by atoms with van der Waals surface area (Å²) < 4.78 is 5.34. The summed E-state index contributed by atoms with van der Waals surface area (Å²) in [4.78, 5) is 4.66. The predicted molar refractivity (Wildman–Crippen MR) is 128 cm³/mol. The van der Waals surface area contributed by atoms with Crippen molar-refractivity contribution < 1.29 is 4.74 Å². The highest BCUT2D eigenvalue weighted by molar-refractivity contribution is 5.97. The summed E-state index contributed by atoms with van der Waals surface area (Å²) in [6.45, 7) is 7.02. The number of hydrogen-bond donors (Lipinski definition) is 3. The summed E-state index contributed by atoms with van der Waals surface area (Å²) >= 11 is 0. The lowest BCUT2D eigenvalue weighted by Gasteiger charge is -2.19. The Morgan fingerprint density at radius 3 is 2.47 bits per heavy atom. The number of aromatic nitrogens is 5. The SMILES string of the molecule is COc1ccc2cc(-c3n[nH]c4ccc(-c5n[nH]c(CNC(C)(C)C)n5)cc34)ccc2c1. The quantitative estimate of drug-likeness (QED) is 0.365. The zero-order valence-electron chi connectivity index (χ0n) is 18.7. The largest absolute Gasteiger partial charge is 0.497 e. The first-order valence-electron chi connectivity index (χ1n) is 10.6. The number of benzene rings is 3. The van der Waals surface area contributed by atoms with Gasteiger partial charge in [-0.25, -0.2) is 4.98 Å². The maximum atomic E-state index is 5.34. The summed E-state index contributed by atoms with van der Waals surface area (Å²) in [6.07, 6.45) is 0. The van der Waals surface area contributed by atoms with Crippen LogP contribution in [0.2, 0.25) is 0 Å². The molecule has 7 nitrogen and oxygen atoms in total. The van der Waals surface area contributed by atoms with Crippen LogP contribution in [0, 0.1) is 0 Å². The van der Waals surface area contributed by atoms with Crippen LogP contribution in [0.15, 0.2) is 54.6 Å². The summed E-state index contributed by atoms with van der Waals surface area (Å²) in [7, 11) is 1.68. The van der Waals surface area contributed by atoms with Crippen LogP contribution in [0.5, 0.6) is 5.75 Å². The minimum Gasteiger partial charge on any atom is -0.497 e. The second-order valence-electron chi connectivity index (χ2n) is 8.97. The van der Waals surface area contributed by atoms with E-state index in [0.29, 0.717) is 12.4 Å². The lowest BCUT2D eigenvalue weighted by Crippen LogP contribution is -2.35. The Kier molecular flexibility index (Phi) is 4.90. The molecule has 2 aromatic heterocycles. The molecule has 0 spiro atoms. The second-order valence-corrected chi connectivity index (χ2v) is 8.97. The van der Waals surface area contributed by atoms with Crippen molar-refractivity contribution >= 4 is 21.7 Å². The van der Waals surface area contributed by atoms with Gasteiger partial charge < -0.3 is 10.1 Å². The van der Waals surface area contributed by atoms with Crippen molar-refractivity contribution in [3.63, 3.8) is 0 Å². The van der Waals surface area contributed by atoms with E-state index >= 15 is 0 Å². The van der Waals surface area contributed by atoms with E-state index in [0.717, 1.165) is 50.1 Å². The Labute approximate surface area is 186 Å². The van der Waals surface area contributed by atoms with Crippen molar-refractivity contribution in [2.24, 2.45) is 0 Å². The molecule has 32 heavy (non-hydrogen) atoms. The van der Waals surface area contributed by atoms with Crippen LogP contribution in [0.1, 0.15) is 26.6 Å². The summed E-state index contributed by atoms with van der Waals surface area (Å²) in [5.41, 5.74) is 3.90. The van der Waals surface area contributed by atoms with Gasteiger partial charge in [0.1, 0.15) is 11.6 Å². The maximum Gasteiger partial charge on any atom is 0.181 e. The van der Waals surface area contributed by atoms with E-state index in [4.69, 9.17) is 4.74 Å². The molecule has 0 atom stereocenters. The third-order valence-electron chi connectivity index (χ3n) is 5.46. The number of nitrogens with one attached hydrogen (secondary N) is 3. The number of fused-ring (bicyclic) bond motifs is 2. The fourth-order valence-electron chi connectivity index (χ4n) is 3.72. The van der Waals surface area contributed by atoms with Gasteiger partial charge in [0, 0.05) is 22.1 Å². The minimum absolute atomic E-state index is 0.0164. The third-order valence-corrected chi connectivity index (χ3v) is 5.46. The number of methoxy groups -OCH3 is 1. The van der Waals surface area contributed by atoms with E-state index < -0.39 is 0 Å². The van der Waals surface area contributed by atoms with E-state index in [1.165, 1.54) is 0 Å². The zero-order chi connectivity index (χ0) is 22.3. The van der Waals surface area contributed by atoms with Gasteiger partial charge in [-0.3, -0.25) is 10.2 Å². The molecule has 0 aliphatic heterocycles. The maximum absolute atomic E-state index is 5.34. The van der Waals surface area contributed by atoms with Crippen molar-refractivity contribution in [3.05, 3.63) is 60.4 Å². The number of rotatable bonds is 5. The minimum atomic E-state index is 0.0164. The zero-order valence-corrected chi connectivity index (χ0v) is 18.7. The first-order chi connectivity index (χ1) is 15.4. The van der Waals surface area contributed by atoms with Crippen LogP contribution in [-0.4, -0.2) is 38.0 Å². The molecule has 0 saturated carbocycles. The third kappa shape index (κ3) is 3.94. The van der Waals surface area contributed by atoms with Crippen molar-refractivity contribution in [2.75, 3.05) is 7.11 Å². The molecule has 5 rings (SSSR count). The van der Waals surface area contributed by atoms with Crippen LogP contribution in [0.4, 0.5) is 0 Å². The van der Waals surface area contributed by atoms with Crippen molar-refractivity contribution in [1.82, 2.24) is 30.7 Å². The van der Waals surface area contributed by atoms with Gasteiger partial charge in [0.05, 0.1) is 24.9 Å². The van der Waals surface area contributed by atoms with Crippen LogP contribution >= 0.6 is 0 Å². The Morgan fingerprint density at radius 1 is 0.875 bits per heavy atom. The Bertz CT molecular complexity index is 1410. The van der Waals surface area contributed by atoms with Crippen molar-refractivity contribution in [1.29, 1.82) is 0 Å². The van der Waals surface area contributed by atoms with Gasteiger partial charge in [0.25, 0.3) is 0 Å². The average molecular weight is 427 g/mol. The van der Waals surface area contributed by atoms with E-state index in [1.54, 1.807) is 7.11 Å². The smallest absolute Gasteiger partial charge is 0.181 e. The first-order valence-corrected chi connectivity index (χ1v) is 10.6. The van der Waals surface area contributed by atoms with Gasteiger partial charge in [-0.05, 0) is 67.9 Å². The second kappa shape index (κ2) is 7.76. The first kappa shape index (κ1) is 20.2. The number of hydrogen-bond acceptors (Lipinski definition) is 5. The predicted octanol–water partition coefficient (Wildman–Crippen LogP) is 5.06. The number of aromatic amines is 2. The van der Waals surface area contributed by atoms with Gasteiger partial charge in [-0.1, -0.05) is 18.2 Å². The van der Waals surface area contributed by atoms with Crippen LogP contribution < -0.4 is 10.1 Å². The van der Waals surface area contributed by atoms with E-state index in [2.05, 4.69) is 81.8 Å². The van der Waals surface area contributed by atoms with Crippen LogP contribution in [0.25, 0.3) is 44.3 Å². The molecule has 0 saturated heterocycles. The Balaban J connectivity index is 1.49. The summed E-state index contributed by atoms with van der Waals surface area (Å²) in [6, 6.07) is 18.6. The topological polar surface area (TPSA) is 91.5 Å². The molecule has 0 unspecified atom stereocenters. The number of nitrogens with zero attached hydrogens (tertiary/aromatic N) is 3. The van der Waals surface area contributed by atoms with Gasteiger partial charge in [0.15, 0.2) is 5.82 Å². The molecule has 0 amide bonds. The lowest BCUT2D eigenvalue weighted by atomic mass is 10.0. The molecule has 5 aromatic rings. The molecule has 162 valence electrons. The van der Waals surface area contributed by atoms with Crippen LogP contribution in [0.3, 0.4) is 0 Å². The Hall–Kier alpha value is -3.71. The standard InChI is InChI=1S/C25H26N6O/c1-25(2,3)26-14-22-27-24(31-29-22)18-8-10-21-20(13-18)23(30-28-21)17-6-5-16-12-19(32-4)9-7-15(16)11-17/h5-13,26H,14H2,1-4H3,(H,28,30)(H,27,29,31). The van der Waals surface area contributed by atoms with Crippen molar-refractivity contribution in [2.45, 2.75) is 32.9 Å². The van der Waals surface area contributed by atoms with E-state index in [9.17, 15) is 0 Å². The summed E-state index contributed by atoms with van der Waals surface area (Å²) in [5, 5.41) is 21.9. The fraction of sp³-hybridized carbons (Fsp3) is 0.240. The lowest BCUT2D eigenvalue weighted by molar-refractivity contribution is 0.415. The normalized spacial score (nSPS) is 12.0. The molecule has 0 aliphatic rings. The van der Waals surface area contributed by atoms with Crippen molar-refractivity contribution in [3.8, 4) is 28.4 Å². The highest BCUT2D eigenvalue weighted by Crippen LogP contribution is 2.32. The van der Waals surface area contributed by atoms with E-state index in [1.807, 2.05) is 24.3 Å². The molecule has 3 aromatic carbocycles. The molecule has 2 heterocycles. The fourth-order valence-corrected chi connectivity index (χ4v) is 3.72. The van der Waals surface area contributed by atoms with Gasteiger partial charge in [-0.2, -0.15) is 10.2 Å². The number of H-pyrrole nitrogens is 2. The highest BCUT2D eigenvalue weighted by Gasteiger charge is 2.14. The highest BCUT2D eigenvalue weighted by atomic mass is 16.5. The Morgan fingerprint density at radius 2 is 1.66 bits per heavy atom. The number of ether oxygens (including phenoxy) is 1. The summed E-state index contributed by atoms with van der Waals surface area (Å²) in [5.74, 6) is 2.34. The molecule has 0 aliphatic carbocycles. The van der Waals surface area contributed by atoms with Gasteiger partial charge in [0.2, 0.25) is 0 Å². The van der Waals surface area contributed by atoms with E-state index in [-0.39, 0.29) is 5.54 Å². The molecule has 3 N–H and O–H groups in total. The molecule has 0 radical (unpaired) electrons. The monoisotopic (exact) mass is 426 g/mol. The molecule has 7 heteroatoms. The average Bonchev–Trinajstić information content (AvgIpc) is 3.43. The van der Waals surface area contributed by atoms with Gasteiger partial charge >= 0.3 is 0 Å². The van der Waals surface area contributed by atoms with Gasteiger partial charge in [-0.15, -0.1) is 0 Å². The molecular formula is C25H26N6O.